The summed E-state index contributed by atoms with van der Waals surface area (Å²) in [5, 5.41) is 0. The van der Waals surface area contributed by atoms with Crippen LogP contribution in [-0.4, -0.2) is 66.1 Å². The molecule has 152 valence electrons. The molecule has 0 N–H and O–H groups in total. The maximum atomic E-state index is 12.8. The number of ether oxygens (including phenoxy) is 1. The topological polar surface area (TPSA) is 66.0 Å². The molecule has 2 amide bonds. The van der Waals surface area contributed by atoms with Crippen molar-refractivity contribution in [3.05, 3.63) is 53.9 Å². The predicted molar refractivity (Wildman–Crippen MR) is 111 cm³/mol. The molecule has 29 heavy (non-hydrogen) atoms. The molecular weight excluding hydrogens is 368 g/mol. The number of benzene rings is 1. The van der Waals surface area contributed by atoms with Crippen LogP contribution >= 0.6 is 0 Å². The SMILES string of the molecule is CCOC(=O)N1CCN(C(=O)c2ccc(N3CCCc4ccccc43)cn2)CC1. The van der Waals surface area contributed by atoms with Gasteiger partial charge in [-0.2, -0.15) is 0 Å². The van der Waals surface area contributed by atoms with Crippen LogP contribution in [0.4, 0.5) is 16.2 Å². The number of piperazine rings is 1. The Morgan fingerprint density at radius 2 is 1.76 bits per heavy atom. The fraction of sp³-hybridized carbons (Fsp3) is 0.409. The Morgan fingerprint density at radius 1 is 1.00 bits per heavy atom. The highest BCUT2D eigenvalue weighted by Gasteiger charge is 2.26. The summed E-state index contributed by atoms with van der Waals surface area (Å²) in [4.78, 5) is 34.7. The highest BCUT2D eigenvalue weighted by molar-refractivity contribution is 5.92. The number of para-hydroxylation sites is 1. The van der Waals surface area contributed by atoms with Crippen LogP contribution in [0.2, 0.25) is 0 Å². The Hall–Kier alpha value is -3.09. The maximum absolute atomic E-state index is 12.8. The second-order valence-corrected chi connectivity index (χ2v) is 7.26. The van der Waals surface area contributed by atoms with Gasteiger partial charge in [-0.25, -0.2) is 9.78 Å². The standard InChI is InChI=1S/C22H26N4O3/c1-2-29-22(28)25-14-12-24(13-15-25)21(27)19-10-9-18(16-23-19)26-11-5-7-17-6-3-4-8-20(17)26/h3-4,6,8-10,16H,2,5,7,11-15H2,1H3. The molecule has 0 atom stereocenters. The molecule has 7 nitrogen and oxygen atoms in total. The largest absolute Gasteiger partial charge is 0.450 e. The second-order valence-electron chi connectivity index (χ2n) is 7.26. The van der Waals surface area contributed by atoms with Gasteiger partial charge in [0.2, 0.25) is 0 Å². The number of carbonyl (C=O) groups excluding carboxylic acids is 2. The van der Waals surface area contributed by atoms with Crippen LogP contribution in [0, 0.1) is 0 Å². The summed E-state index contributed by atoms with van der Waals surface area (Å²) in [5.41, 5.74) is 4.00. The summed E-state index contributed by atoms with van der Waals surface area (Å²) in [7, 11) is 0. The van der Waals surface area contributed by atoms with E-state index in [1.165, 1.54) is 11.3 Å². The number of amides is 2. The summed E-state index contributed by atoms with van der Waals surface area (Å²) in [6, 6.07) is 12.2. The molecular formula is C22H26N4O3. The van der Waals surface area contributed by atoms with E-state index in [-0.39, 0.29) is 12.0 Å². The van der Waals surface area contributed by atoms with E-state index in [0.717, 1.165) is 25.1 Å². The first-order valence-corrected chi connectivity index (χ1v) is 10.2. The lowest BCUT2D eigenvalue weighted by Crippen LogP contribution is -2.50. The van der Waals surface area contributed by atoms with Crippen molar-refractivity contribution < 1.29 is 14.3 Å². The Morgan fingerprint density at radius 3 is 2.48 bits per heavy atom. The van der Waals surface area contributed by atoms with Gasteiger partial charge in [0, 0.05) is 38.4 Å². The van der Waals surface area contributed by atoms with Crippen molar-refractivity contribution >= 4 is 23.4 Å². The van der Waals surface area contributed by atoms with Crippen molar-refractivity contribution in [2.24, 2.45) is 0 Å². The molecule has 3 heterocycles. The lowest BCUT2D eigenvalue weighted by atomic mass is 10.0. The number of anilines is 2. The monoisotopic (exact) mass is 394 g/mol. The fourth-order valence-electron chi connectivity index (χ4n) is 3.94. The van der Waals surface area contributed by atoms with Gasteiger partial charge in [0.05, 0.1) is 18.5 Å². The van der Waals surface area contributed by atoms with Crippen molar-refractivity contribution in [2.75, 3.05) is 44.2 Å². The van der Waals surface area contributed by atoms with Crippen molar-refractivity contribution in [3.63, 3.8) is 0 Å². The molecule has 0 aliphatic carbocycles. The summed E-state index contributed by atoms with van der Waals surface area (Å²) in [6.07, 6.45) is 3.66. The van der Waals surface area contributed by atoms with E-state index in [1.807, 2.05) is 6.07 Å². The number of hydrogen-bond acceptors (Lipinski definition) is 5. The zero-order valence-corrected chi connectivity index (χ0v) is 16.7. The molecule has 0 spiro atoms. The van der Waals surface area contributed by atoms with Crippen LogP contribution in [-0.2, 0) is 11.2 Å². The fourth-order valence-corrected chi connectivity index (χ4v) is 3.94. The Labute approximate surface area is 170 Å². The molecule has 1 aromatic heterocycles. The number of aryl methyl sites for hydroxylation is 1. The summed E-state index contributed by atoms with van der Waals surface area (Å²) in [6.45, 7) is 5.02. The third kappa shape index (κ3) is 4.04. The van der Waals surface area contributed by atoms with Crippen molar-refractivity contribution in [1.29, 1.82) is 0 Å². The molecule has 0 saturated carbocycles. The van der Waals surface area contributed by atoms with Gasteiger partial charge in [-0.05, 0) is 43.5 Å². The summed E-state index contributed by atoms with van der Waals surface area (Å²) in [5.74, 6) is -0.0981. The highest BCUT2D eigenvalue weighted by atomic mass is 16.6. The quantitative estimate of drug-likeness (QED) is 0.800. The lowest BCUT2D eigenvalue weighted by Gasteiger charge is -2.34. The molecule has 0 radical (unpaired) electrons. The first-order chi connectivity index (χ1) is 14.2. The second kappa shape index (κ2) is 8.51. The first-order valence-electron chi connectivity index (χ1n) is 10.2. The van der Waals surface area contributed by atoms with Crippen LogP contribution in [0.25, 0.3) is 0 Å². The normalized spacial score (nSPS) is 16.4. The van der Waals surface area contributed by atoms with E-state index in [2.05, 4.69) is 34.1 Å². The Balaban J connectivity index is 1.41. The van der Waals surface area contributed by atoms with Crippen molar-refractivity contribution in [3.8, 4) is 0 Å². The molecule has 0 bridgehead atoms. The van der Waals surface area contributed by atoms with Gasteiger partial charge in [0.25, 0.3) is 5.91 Å². The number of rotatable bonds is 3. The van der Waals surface area contributed by atoms with E-state index in [4.69, 9.17) is 4.74 Å². The van der Waals surface area contributed by atoms with Crippen LogP contribution in [0.5, 0.6) is 0 Å². The number of fused-ring (bicyclic) bond motifs is 1. The maximum Gasteiger partial charge on any atom is 0.409 e. The van der Waals surface area contributed by atoms with Gasteiger partial charge < -0.3 is 19.4 Å². The van der Waals surface area contributed by atoms with Gasteiger partial charge in [-0.15, -0.1) is 0 Å². The van der Waals surface area contributed by atoms with E-state index in [0.29, 0.717) is 38.5 Å². The van der Waals surface area contributed by atoms with E-state index in [9.17, 15) is 9.59 Å². The van der Waals surface area contributed by atoms with Gasteiger partial charge >= 0.3 is 6.09 Å². The number of aromatic nitrogens is 1. The Kier molecular flexibility index (Phi) is 5.64. The predicted octanol–water partition coefficient (Wildman–Crippen LogP) is 3.08. The van der Waals surface area contributed by atoms with Crippen molar-refractivity contribution in [2.45, 2.75) is 19.8 Å². The van der Waals surface area contributed by atoms with Crippen LogP contribution in [0.15, 0.2) is 42.6 Å². The summed E-state index contributed by atoms with van der Waals surface area (Å²) >= 11 is 0. The minimum Gasteiger partial charge on any atom is -0.450 e. The third-order valence-corrected chi connectivity index (χ3v) is 5.48. The van der Waals surface area contributed by atoms with Gasteiger partial charge in [-0.1, -0.05) is 18.2 Å². The number of hydrogen-bond donors (Lipinski definition) is 0. The number of nitrogens with zero attached hydrogens (tertiary/aromatic N) is 4. The van der Waals surface area contributed by atoms with E-state index in [1.54, 1.807) is 29.0 Å². The van der Waals surface area contributed by atoms with E-state index >= 15 is 0 Å². The van der Waals surface area contributed by atoms with Gasteiger partial charge in [-0.3, -0.25) is 4.79 Å². The van der Waals surface area contributed by atoms with E-state index < -0.39 is 0 Å². The third-order valence-electron chi connectivity index (χ3n) is 5.48. The molecule has 1 saturated heterocycles. The van der Waals surface area contributed by atoms with Gasteiger partial charge in [0.1, 0.15) is 5.69 Å². The Bertz CT molecular complexity index is 876. The number of carbonyl (C=O) groups is 2. The van der Waals surface area contributed by atoms with Crippen LogP contribution in [0.1, 0.15) is 29.4 Å². The molecule has 2 aliphatic heterocycles. The first kappa shape index (κ1) is 19.2. The molecule has 4 rings (SSSR count). The number of pyridine rings is 1. The molecule has 1 aromatic carbocycles. The lowest BCUT2D eigenvalue weighted by molar-refractivity contribution is 0.0566. The molecule has 2 aliphatic rings. The van der Waals surface area contributed by atoms with Crippen LogP contribution in [0.3, 0.4) is 0 Å². The molecule has 2 aromatic rings. The minimum absolute atomic E-state index is 0.0981. The molecule has 7 heteroatoms. The zero-order chi connectivity index (χ0) is 20.2. The summed E-state index contributed by atoms with van der Waals surface area (Å²) < 4.78 is 5.02. The smallest absolute Gasteiger partial charge is 0.409 e. The van der Waals surface area contributed by atoms with Gasteiger partial charge in [0.15, 0.2) is 0 Å². The van der Waals surface area contributed by atoms with Crippen molar-refractivity contribution in [1.82, 2.24) is 14.8 Å². The van der Waals surface area contributed by atoms with Crippen LogP contribution < -0.4 is 4.90 Å². The molecule has 1 fully saturated rings. The highest BCUT2D eigenvalue weighted by Crippen LogP contribution is 2.32. The molecule has 0 unspecified atom stereocenters. The minimum atomic E-state index is -0.316. The zero-order valence-electron chi connectivity index (χ0n) is 16.7. The average molecular weight is 394 g/mol. The average Bonchev–Trinajstić information content (AvgIpc) is 2.78.